The molecule has 2 amide bonds. The Morgan fingerprint density at radius 1 is 0.628 bits per heavy atom. The summed E-state index contributed by atoms with van der Waals surface area (Å²) in [7, 11) is 0. The number of unbranched alkanes of at least 4 members (excludes halogenated alkanes) is 14. The van der Waals surface area contributed by atoms with Crippen molar-refractivity contribution in [2.75, 3.05) is 11.9 Å². The highest BCUT2D eigenvalue weighted by molar-refractivity contribution is 6.00. The van der Waals surface area contributed by atoms with Crippen LogP contribution in [0.15, 0.2) is 18.2 Å². The predicted octanol–water partition coefficient (Wildman–Crippen LogP) is 5.96. The molecule has 0 aliphatic carbocycles. The van der Waals surface area contributed by atoms with Crippen LogP contribution in [0.2, 0.25) is 0 Å². The van der Waals surface area contributed by atoms with Gasteiger partial charge in [-0.05, 0) is 50.3 Å². The Bertz CT molecular complexity index is 1010. The first kappa shape index (κ1) is 37.6. The van der Waals surface area contributed by atoms with E-state index in [1.807, 2.05) is 0 Å². The maximum Gasteiger partial charge on any atom is 0.335 e. The molecule has 43 heavy (non-hydrogen) atoms. The molecule has 1 aromatic carbocycles. The van der Waals surface area contributed by atoms with Gasteiger partial charge in [0.15, 0.2) is 0 Å². The van der Waals surface area contributed by atoms with Crippen molar-refractivity contribution in [3.8, 4) is 0 Å². The Morgan fingerprint density at radius 3 is 1.60 bits per heavy atom. The molecule has 11 nitrogen and oxygen atoms in total. The van der Waals surface area contributed by atoms with E-state index in [0.717, 1.165) is 44.9 Å². The average Bonchev–Trinajstić information content (AvgIpc) is 2.96. The zero-order valence-corrected chi connectivity index (χ0v) is 25.4. The second-order valence-electron chi connectivity index (χ2n) is 11.2. The van der Waals surface area contributed by atoms with Gasteiger partial charge in [0.05, 0.1) is 5.56 Å². The molecule has 0 radical (unpaired) electrons. The number of carboxylic acids is 3. The summed E-state index contributed by atoms with van der Waals surface area (Å²) < 4.78 is 0. The average molecular weight is 606 g/mol. The van der Waals surface area contributed by atoms with Crippen LogP contribution in [0.3, 0.4) is 0 Å². The molecular formula is C32H51N3O8. The van der Waals surface area contributed by atoms with E-state index in [0.29, 0.717) is 19.3 Å². The number of carboxylic acid groups (broad SMARTS) is 3. The van der Waals surface area contributed by atoms with Crippen molar-refractivity contribution in [3.63, 3.8) is 0 Å². The number of amides is 2. The number of nitrogens with two attached hydrogens (primary N) is 1. The van der Waals surface area contributed by atoms with Crippen LogP contribution < -0.4 is 16.4 Å². The van der Waals surface area contributed by atoms with E-state index >= 15 is 0 Å². The smallest absolute Gasteiger partial charge is 0.335 e. The number of carbonyl (C=O) groups is 5. The number of aliphatic carboxylic acids is 2. The van der Waals surface area contributed by atoms with E-state index in [1.54, 1.807) is 0 Å². The van der Waals surface area contributed by atoms with Gasteiger partial charge in [0, 0.05) is 30.6 Å². The zero-order valence-electron chi connectivity index (χ0n) is 25.4. The number of hydrogen-bond acceptors (Lipinski definition) is 6. The number of rotatable bonds is 26. The van der Waals surface area contributed by atoms with E-state index in [4.69, 9.17) is 15.9 Å². The van der Waals surface area contributed by atoms with E-state index in [2.05, 4.69) is 10.6 Å². The predicted molar refractivity (Wildman–Crippen MR) is 165 cm³/mol. The van der Waals surface area contributed by atoms with Crippen LogP contribution in [-0.2, 0) is 14.4 Å². The fourth-order valence-electron chi connectivity index (χ4n) is 4.78. The van der Waals surface area contributed by atoms with E-state index in [9.17, 15) is 29.1 Å². The summed E-state index contributed by atoms with van der Waals surface area (Å²) in [6.45, 7) is 0.281. The zero-order chi connectivity index (χ0) is 31.9. The van der Waals surface area contributed by atoms with Gasteiger partial charge in [0.2, 0.25) is 5.91 Å². The van der Waals surface area contributed by atoms with Crippen molar-refractivity contribution >= 4 is 35.4 Å². The van der Waals surface area contributed by atoms with Gasteiger partial charge in [-0.25, -0.2) is 4.79 Å². The summed E-state index contributed by atoms with van der Waals surface area (Å²) in [5.41, 5.74) is 5.72. The van der Waals surface area contributed by atoms with Crippen LogP contribution in [0.4, 0.5) is 5.69 Å². The molecule has 1 unspecified atom stereocenters. The highest BCUT2D eigenvalue weighted by Gasteiger charge is 2.14. The third-order valence-electron chi connectivity index (χ3n) is 7.32. The van der Waals surface area contributed by atoms with Crippen molar-refractivity contribution in [1.82, 2.24) is 5.32 Å². The number of carbonyl (C=O) groups excluding carboxylic acids is 2. The number of benzene rings is 1. The first-order valence-electron chi connectivity index (χ1n) is 15.8. The molecule has 1 rings (SSSR count). The maximum atomic E-state index is 12.6. The first-order chi connectivity index (χ1) is 20.6. The normalized spacial score (nSPS) is 11.6. The lowest BCUT2D eigenvalue weighted by atomic mass is 10.0. The van der Waals surface area contributed by atoms with Crippen LogP contribution in [-0.4, -0.2) is 57.6 Å². The molecule has 0 saturated carbocycles. The number of nitrogens with one attached hydrogen (secondary N) is 2. The van der Waals surface area contributed by atoms with Crippen molar-refractivity contribution in [2.45, 2.75) is 128 Å². The summed E-state index contributed by atoms with van der Waals surface area (Å²) in [4.78, 5) is 57.8. The van der Waals surface area contributed by atoms with Gasteiger partial charge in [-0.15, -0.1) is 0 Å². The van der Waals surface area contributed by atoms with Gasteiger partial charge < -0.3 is 31.7 Å². The summed E-state index contributed by atoms with van der Waals surface area (Å²) in [5, 5.41) is 32.3. The highest BCUT2D eigenvalue weighted by atomic mass is 16.4. The van der Waals surface area contributed by atoms with Crippen LogP contribution in [0.25, 0.3) is 0 Å². The molecule has 0 saturated heterocycles. The maximum absolute atomic E-state index is 12.6. The number of anilines is 1. The Labute approximate surface area is 255 Å². The van der Waals surface area contributed by atoms with Crippen molar-refractivity contribution in [1.29, 1.82) is 0 Å². The standard InChI is InChI=1S/C32H51N3O8/c33-27(32(42)43)17-15-16-20-34-30(39)24-21-25(31(40)41)23-26(22-24)35-28(36)18-13-11-9-7-5-3-1-2-4-6-8-10-12-14-19-29(37)38/h21-23,27H,1-20,33H2,(H,34,39)(H,35,36)(H,37,38)(H,40,41)(H,42,43). The van der Waals surface area contributed by atoms with Crippen LogP contribution in [0, 0.1) is 0 Å². The van der Waals surface area contributed by atoms with E-state index in [-0.39, 0.29) is 42.1 Å². The summed E-state index contributed by atoms with van der Waals surface area (Å²) in [6, 6.07) is 3.08. The SMILES string of the molecule is NC(CCCCNC(=O)c1cc(NC(=O)CCCCCCCCCCCCCCCCC(=O)O)cc(C(=O)O)c1)C(=O)O. The Kier molecular flexibility index (Phi) is 20.1. The molecular weight excluding hydrogens is 554 g/mol. The molecule has 0 bridgehead atoms. The third kappa shape index (κ3) is 19.4. The summed E-state index contributed by atoms with van der Waals surface area (Å²) in [6.07, 6.45) is 17.2. The largest absolute Gasteiger partial charge is 0.481 e. The molecule has 0 aromatic heterocycles. The second kappa shape index (κ2) is 23.0. The monoisotopic (exact) mass is 605 g/mol. The van der Waals surface area contributed by atoms with Crippen molar-refractivity contribution < 1.29 is 39.3 Å². The van der Waals surface area contributed by atoms with Gasteiger partial charge in [-0.1, -0.05) is 77.0 Å². The molecule has 0 fully saturated rings. The van der Waals surface area contributed by atoms with E-state index in [1.165, 1.54) is 63.1 Å². The van der Waals surface area contributed by atoms with Crippen molar-refractivity contribution in [3.05, 3.63) is 29.3 Å². The van der Waals surface area contributed by atoms with Crippen LogP contribution in [0.5, 0.6) is 0 Å². The number of aromatic carboxylic acids is 1. The van der Waals surface area contributed by atoms with Gasteiger partial charge in [0.25, 0.3) is 5.91 Å². The second-order valence-corrected chi connectivity index (χ2v) is 11.2. The minimum atomic E-state index is -1.21. The molecule has 1 aromatic rings. The Morgan fingerprint density at radius 2 is 1.12 bits per heavy atom. The van der Waals surface area contributed by atoms with Crippen molar-refractivity contribution in [2.24, 2.45) is 5.73 Å². The lowest BCUT2D eigenvalue weighted by Crippen LogP contribution is -2.30. The van der Waals surface area contributed by atoms with Gasteiger partial charge >= 0.3 is 17.9 Å². The fourth-order valence-corrected chi connectivity index (χ4v) is 4.78. The quantitative estimate of drug-likeness (QED) is 0.0690. The minimum Gasteiger partial charge on any atom is -0.481 e. The molecule has 11 heteroatoms. The molecule has 242 valence electrons. The highest BCUT2D eigenvalue weighted by Crippen LogP contribution is 2.18. The van der Waals surface area contributed by atoms with Gasteiger partial charge in [0.1, 0.15) is 6.04 Å². The molecule has 0 heterocycles. The third-order valence-corrected chi connectivity index (χ3v) is 7.32. The van der Waals surface area contributed by atoms with Gasteiger partial charge in [-0.3, -0.25) is 19.2 Å². The molecule has 1 atom stereocenters. The molecule has 0 spiro atoms. The Balaban J connectivity index is 2.22. The molecule has 0 aliphatic rings. The Hall–Kier alpha value is -3.47. The summed E-state index contributed by atoms with van der Waals surface area (Å²) in [5.74, 6) is -3.70. The first-order valence-corrected chi connectivity index (χ1v) is 15.8. The lowest BCUT2D eigenvalue weighted by molar-refractivity contribution is -0.139. The molecule has 7 N–H and O–H groups in total. The van der Waals surface area contributed by atoms with E-state index < -0.39 is 29.9 Å². The topological polar surface area (TPSA) is 196 Å². The van der Waals surface area contributed by atoms with Crippen LogP contribution in [0.1, 0.15) is 143 Å². The lowest BCUT2D eigenvalue weighted by Gasteiger charge is -2.11. The molecule has 0 aliphatic heterocycles. The fraction of sp³-hybridized carbons (Fsp3) is 0.656. The van der Waals surface area contributed by atoms with Crippen LogP contribution >= 0.6 is 0 Å². The number of hydrogen-bond donors (Lipinski definition) is 6. The minimum absolute atomic E-state index is 0.108. The van der Waals surface area contributed by atoms with Gasteiger partial charge in [-0.2, -0.15) is 0 Å². The summed E-state index contributed by atoms with van der Waals surface area (Å²) >= 11 is 0.